The molecule has 0 aliphatic heterocycles. The molecular weight excluding hydrogens is 226 g/mol. The van der Waals surface area contributed by atoms with Crippen LogP contribution in [-0.2, 0) is 4.79 Å². The minimum absolute atomic E-state index is 0.131. The van der Waals surface area contributed by atoms with Crippen LogP contribution in [-0.4, -0.2) is 11.1 Å². The van der Waals surface area contributed by atoms with Crippen LogP contribution in [0, 0.1) is 19.8 Å². The summed E-state index contributed by atoms with van der Waals surface area (Å²) in [7, 11) is 0. The average Bonchev–Trinajstić information content (AvgIpc) is 2.30. The van der Waals surface area contributed by atoms with E-state index in [-0.39, 0.29) is 5.92 Å². The van der Waals surface area contributed by atoms with Gasteiger partial charge in [-0.15, -0.1) is 0 Å². The summed E-state index contributed by atoms with van der Waals surface area (Å²) >= 11 is 0. The maximum absolute atomic E-state index is 11.6. The molecule has 3 heteroatoms. The minimum Gasteiger partial charge on any atom is -0.481 e. The van der Waals surface area contributed by atoms with Gasteiger partial charge in [0.1, 0.15) is 0 Å². The number of hydrogen-bond acceptors (Lipinski definition) is 2. The summed E-state index contributed by atoms with van der Waals surface area (Å²) < 4.78 is 0. The summed E-state index contributed by atoms with van der Waals surface area (Å²) in [4.78, 5) is 11.6. The molecule has 1 aromatic carbocycles. The van der Waals surface area contributed by atoms with E-state index in [0.717, 1.165) is 29.5 Å². The van der Waals surface area contributed by atoms with E-state index in [9.17, 15) is 9.90 Å². The van der Waals surface area contributed by atoms with Crippen molar-refractivity contribution < 1.29 is 9.90 Å². The topological polar surface area (TPSA) is 63.3 Å². The Bertz CT molecular complexity index is 436. The lowest BCUT2D eigenvalue weighted by Gasteiger charge is -2.24. The molecule has 0 saturated heterocycles. The first-order valence-corrected chi connectivity index (χ1v) is 6.51. The third kappa shape index (κ3) is 2.84. The summed E-state index contributed by atoms with van der Waals surface area (Å²) in [6.07, 6.45) is 1.69. The van der Waals surface area contributed by atoms with Crippen molar-refractivity contribution >= 4 is 11.7 Å². The maximum Gasteiger partial charge on any atom is 0.311 e. The second-order valence-corrected chi connectivity index (χ2v) is 4.98. The van der Waals surface area contributed by atoms with Crippen molar-refractivity contribution in [3.63, 3.8) is 0 Å². The first-order chi connectivity index (χ1) is 8.42. The fourth-order valence-electron chi connectivity index (χ4n) is 2.62. The lowest BCUT2D eigenvalue weighted by atomic mass is 9.81. The van der Waals surface area contributed by atoms with Gasteiger partial charge >= 0.3 is 5.97 Å². The van der Waals surface area contributed by atoms with E-state index in [2.05, 4.69) is 0 Å². The normalized spacial score (nSPS) is 12.7. The number of nitrogen functional groups attached to an aromatic ring is 1. The van der Waals surface area contributed by atoms with E-state index >= 15 is 0 Å². The van der Waals surface area contributed by atoms with Gasteiger partial charge in [0.15, 0.2) is 0 Å². The molecule has 3 nitrogen and oxygen atoms in total. The molecule has 0 fully saturated rings. The molecule has 18 heavy (non-hydrogen) atoms. The van der Waals surface area contributed by atoms with Gasteiger partial charge in [0.05, 0.1) is 5.92 Å². The van der Waals surface area contributed by atoms with Gasteiger partial charge in [-0.1, -0.05) is 44.4 Å². The van der Waals surface area contributed by atoms with Crippen LogP contribution in [0.1, 0.15) is 49.3 Å². The van der Waals surface area contributed by atoms with Gasteiger partial charge in [0, 0.05) is 5.69 Å². The molecule has 1 unspecified atom stereocenters. The molecule has 0 saturated carbocycles. The predicted octanol–water partition coefficient (Wildman–Crippen LogP) is 3.49. The number of carboxylic acid groups (broad SMARTS) is 1. The van der Waals surface area contributed by atoms with Crippen molar-refractivity contribution in [2.24, 2.45) is 5.92 Å². The molecule has 3 N–H and O–H groups in total. The maximum atomic E-state index is 11.6. The van der Waals surface area contributed by atoms with Crippen molar-refractivity contribution in [1.82, 2.24) is 0 Å². The standard InChI is InChI=1S/C15H23NO2/c1-5-11(6-2)13(15(17)18)12-8-9(3)7-10(4)14(12)16/h7-8,11,13H,5-6,16H2,1-4H3,(H,17,18). The number of aliphatic carboxylic acids is 1. The third-order valence-corrected chi connectivity index (χ3v) is 3.68. The molecule has 0 heterocycles. The van der Waals surface area contributed by atoms with Gasteiger partial charge in [-0.2, -0.15) is 0 Å². The summed E-state index contributed by atoms with van der Waals surface area (Å²) in [6.45, 7) is 7.96. The van der Waals surface area contributed by atoms with Crippen LogP contribution < -0.4 is 5.73 Å². The number of carbonyl (C=O) groups is 1. The van der Waals surface area contributed by atoms with Crippen LogP contribution in [0.25, 0.3) is 0 Å². The number of aryl methyl sites for hydroxylation is 2. The van der Waals surface area contributed by atoms with Gasteiger partial charge in [0.2, 0.25) is 0 Å². The molecular formula is C15H23NO2. The predicted molar refractivity (Wildman–Crippen MR) is 74.8 cm³/mol. The minimum atomic E-state index is -0.777. The van der Waals surface area contributed by atoms with Gasteiger partial charge in [0.25, 0.3) is 0 Å². The number of nitrogens with two attached hydrogens (primary N) is 1. The monoisotopic (exact) mass is 249 g/mol. The Labute approximate surface area is 109 Å². The average molecular weight is 249 g/mol. The van der Waals surface area contributed by atoms with Gasteiger partial charge < -0.3 is 10.8 Å². The number of carboxylic acids is 1. The van der Waals surface area contributed by atoms with E-state index in [4.69, 9.17) is 5.73 Å². The Morgan fingerprint density at radius 2 is 1.83 bits per heavy atom. The fourth-order valence-corrected chi connectivity index (χ4v) is 2.62. The summed E-state index contributed by atoms with van der Waals surface area (Å²) in [5.74, 6) is -1.15. The molecule has 0 spiro atoms. The Balaban J connectivity index is 3.34. The molecule has 100 valence electrons. The molecule has 0 radical (unpaired) electrons. The molecule has 1 atom stereocenters. The van der Waals surface area contributed by atoms with E-state index in [1.54, 1.807) is 0 Å². The highest BCUT2D eigenvalue weighted by Crippen LogP contribution is 2.35. The van der Waals surface area contributed by atoms with Crippen LogP contribution >= 0.6 is 0 Å². The Hall–Kier alpha value is -1.51. The van der Waals surface area contributed by atoms with Crippen LogP contribution in [0.2, 0.25) is 0 Å². The zero-order valence-electron chi connectivity index (χ0n) is 11.7. The zero-order valence-corrected chi connectivity index (χ0v) is 11.7. The van der Waals surface area contributed by atoms with Crippen molar-refractivity contribution in [3.05, 3.63) is 28.8 Å². The highest BCUT2D eigenvalue weighted by Gasteiger charge is 2.29. The van der Waals surface area contributed by atoms with Crippen molar-refractivity contribution in [3.8, 4) is 0 Å². The molecule has 0 amide bonds. The Kier molecular flexibility index (Phi) is 4.76. The van der Waals surface area contributed by atoms with E-state index < -0.39 is 11.9 Å². The quantitative estimate of drug-likeness (QED) is 0.785. The van der Waals surface area contributed by atoms with E-state index in [1.165, 1.54) is 0 Å². The highest BCUT2D eigenvalue weighted by atomic mass is 16.4. The Morgan fingerprint density at radius 1 is 1.28 bits per heavy atom. The SMILES string of the molecule is CCC(CC)C(C(=O)O)c1cc(C)cc(C)c1N. The lowest BCUT2D eigenvalue weighted by molar-refractivity contribution is -0.140. The van der Waals surface area contributed by atoms with E-state index in [0.29, 0.717) is 5.69 Å². The fraction of sp³-hybridized carbons (Fsp3) is 0.533. The first kappa shape index (κ1) is 14.6. The zero-order chi connectivity index (χ0) is 13.9. The van der Waals surface area contributed by atoms with Crippen molar-refractivity contribution in [2.75, 3.05) is 5.73 Å². The van der Waals surface area contributed by atoms with Crippen LogP contribution in [0.3, 0.4) is 0 Å². The smallest absolute Gasteiger partial charge is 0.311 e. The molecule has 1 rings (SSSR count). The van der Waals surface area contributed by atoms with Crippen molar-refractivity contribution in [2.45, 2.75) is 46.5 Å². The second-order valence-electron chi connectivity index (χ2n) is 4.98. The van der Waals surface area contributed by atoms with Crippen molar-refractivity contribution in [1.29, 1.82) is 0 Å². The van der Waals surface area contributed by atoms with E-state index in [1.807, 2.05) is 39.8 Å². The molecule has 0 aliphatic carbocycles. The second kappa shape index (κ2) is 5.89. The summed E-state index contributed by atoms with van der Waals surface area (Å²) in [6, 6.07) is 3.91. The first-order valence-electron chi connectivity index (χ1n) is 6.51. The van der Waals surface area contributed by atoms with Gasteiger partial charge in [-0.05, 0) is 30.9 Å². The molecule has 0 aliphatic rings. The molecule has 0 bridgehead atoms. The summed E-state index contributed by atoms with van der Waals surface area (Å²) in [5, 5.41) is 9.51. The number of anilines is 1. The largest absolute Gasteiger partial charge is 0.481 e. The summed E-state index contributed by atoms with van der Waals surface area (Å²) in [5.41, 5.74) is 9.50. The molecule has 0 aromatic heterocycles. The van der Waals surface area contributed by atoms with Gasteiger partial charge in [-0.3, -0.25) is 4.79 Å². The number of rotatable bonds is 5. The number of hydrogen-bond donors (Lipinski definition) is 2. The van der Waals surface area contributed by atoms with Crippen LogP contribution in [0.4, 0.5) is 5.69 Å². The van der Waals surface area contributed by atoms with Crippen LogP contribution in [0.15, 0.2) is 12.1 Å². The number of benzene rings is 1. The van der Waals surface area contributed by atoms with Crippen LogP contribution in [0.5, 0.6) is 0 Å². The lowest BCUT2D eigenvalue weighted by Crippen LogP contribution is -2.22. The molecule has 1 aromatic rings. The highest BCUT2D eigenvalue weighted by molar-refractivity contribution is 5.79. The third-order valence-electron chi connectivity index (χ3n) is 3.68. The Morgan fingerprint density at radius 3 is 2.28 bits per heavy atom. The van der Waals surface area contributed by atoms with Gasteiger partial charge in [-0.25, -0.2) is 0 Å².